The van der Waals surface area contributed by atoms with Gasteiger partial charge in [0.05, 0.1) is 22.2 Å². The van der Waals surface area contributed by atoms with Gasteiger partial charge in [0.2, 0.25) is 0 Å². The van der Waals surface area contributed by atoms with Crippen molar-refractivity contribution in [3.63, 3.8) is 0 Å². The monoisotopic (exact) mass is 362 g/mol. The van der Waals surface area contributed by atoms with Crippen molar-refractivity contribution < 1.29 is 23.1 Å². The molecule has 26 heavy (non-hydrogen) atoms. The second-order valence-electron chi connectivity index (χ2n) is 6.03. The fraction of sp³-hybridized carbons (Fsp3) is 0.263. The predicted octanol–water partition coefficient (Wildman–Crippen LogP) is 5.22. The number of carboxylic acid groups (broad SMARTS) is 1. The highest BCUT2D eigenvalue weighted by molar-refractivity contribution is 5.93. The fourth-order valence-electron chi connectivity index (χ4n) is 2.86. The van der Waals surface area contributed by atoms with Crippen LogP contribution in [0.25, 0.3) is 22.4 Å². The molecule has 0 unspecified atom stereocenters. The van der Waals surface area contributed by atoms with E-state index in [2.05, 4.69) is 4.98 Å². The molecule has 1 aromatic heterocycles. The van der Waals surface area contributed by atoms with Gasteiger partial charge in [0, 0.05) is 12.1 Å². The largest absolute Gasteiger partial charge is 0.478 e. The molecular weight excluding hydrogens is 345 g/mol. The zero-order chi connectivity index (χ0) is 18.9. The molecule has 0 amide bonds. The second-order valence-corrected chi connectivity index (χ2v) is 6.03. The summed E-state index contributed by atoms with van der Waals surface area (Å²) in [4.78, 5) is 15.6. The highest BCUT2D eigenvalue weighted by Crippen LogP contribution is 2.33. The van der Waals surface area contributed by atoms with Crippen LogP contribution in [0.4, 0.5) is 13.2 Å². The summed E-state index contributed by atoms with van der Waals surface area (Å²) in [5, 5.41) is 9.15. The molecule has 0 bridgehead atoms. The Morgan fingerprint density at radius 3 is 2.62 bits per heavy atom. The van der Waals surface area contributed by atoms with Crippen molar-refractivity contribution in [3.8, 4) is 11.4 Å². The van der Waals surface area contributed by atoms with Crippen molar-refractivity contribution in [3.05, 3.63) is 53.6 Å². The van der Waals surface area contributed by atoms with Crippen molar-refractivity contribution >= 4 is 17.0 Å². The second kappa shape index (κ2) is 6.82. The van der Waals surface area contributed by atoms with E-state index >= 15 is 0 Å². The third-order valence-corrected chi connectivity index (χ3v) is 4.18. The number of hydrogen-bond acceptors (Lipinski definition) is 2. The lowest BCUT2D eigenvalue weighted by Gasteiger charge is -2.11. The molecule has 1 heterocycles. The number of aryl methyl sites for hydroxylation is 1. The Balaban J connectivity index is 2.19. The highest BCUT2D eigenvalue weighted by Gasteiger charge is 2.30. The number of unbranched alkanes of at least 4 members (excludes halogenated alkanes) is 1. The van der Waals surface area contributed by atoms with Crippen molar-refractivity contribution in [2.75, 3.05) is 0 Å². The quantitative estimate of drug-likeness (QED) is 0.677. The number of rotatable bonds is 5. The summed E-state index contributed by atoms with van der Waals surface area (Å²) in [6, 6.07) is 9.59. The summed E-state index contributed by atoms with van der Waals surface area (Å²) in [5.74, 6) is -0.669. The Hall–Kier alpha value is -2.83. The van der Waals surface area contributed by atoms with E-state index < -0.39 is 17.7 Å². The normalized spacial score (nSPS) is 11.8. The Kier molecular flexibility index (Phi) is 4.71. The van der Waals surface area contributed by atoms with Crippen LogP contribution < -0.4 is 0 Å². The van der Waals surface area contributed by atoms with Crippen LogP contribution in [-0.2, 0) is 12.7 Å². The van der Waals surface area contributed by atoms with E-state index in [4.69, 9.17) is 5.11 Å². The first-order valence-corrected chi connectivity index (χ1v) is 8.22. The number of alkyl halides is 3. The van der Waals surface area contributed by atoms with E-state index in [1.807, 2.05) is 11.5 Å². The minimum Gasteiger partial charge on any atom is -0.478 e. The number of nitrogens with zero attached hydrogens (tertiary/aromatic N) is 2. The van der Waals surface area contributed by atoms with Crippen LogP contribution in [0.15, 0.2) is 42.5 Å². The van der Waals surface area contributed by atoms with Gasteiger partial charge in [-0.2, -0.15) is 13.2 Å². The Morgan fingerprint density at radius 2 is 1.96 bits per heavy atom. The number of aromatic nitrogens is 2. The van der Waals surface area contributed by atoms with E-state index in [0.717, 1.165) is 25.0 Å². The van der Waals surface area contributed by atoms with E-state index in [9.17, 15) is 18.0 Å². The number of carbonyl (C=O) groups is 1. The van der Waals surface area contributed by atoms with E-state index in [1.165, 1.54) is 18.2 Å². The van der Waals surface area contributed by atoms with Gasteiger partial charge < -0.3 is 9.67 Å². The number of fused-ring (bicyclic) bond motifs is 1. The van der Waals surface area contributed by atoms with Gasteiger partial charge in [0.1, 0.15) is 5.82 Å². The lowest BCUT2D eigenvalue weighted by atomic mass is 10.1. The Labute approximate surface area is 147 Å². The zero-order valence-electron chi connectivity index (χ0n) is 14.0. The predicted molar refractivity (Wildman–Crippen MR) is 92.0 cm³/mol. The van der Waals surface area contributed by atoms with Gasteiger partial charge in [0.25, 0.3) is 0 Å². The lowest BCUT2D eigenvalue weighted by Crippen LogP contribution is -2.06. The summed E-state index contributed by atoms with van der Waals surface area (Å²) in [7, 11) is 0. The maximum absolute atomic E-state index is 13.0. The molecule has 3 aromatic rings. The maximum Gasteiger partial charge on any atom is 0.416 e. The molecular formula is C19H17F3N2O2. The molecule has 0 saturated carbocycles. The highest BCUT2D eigenvalue weighted by atomic mass is 19.4. The van der Waals surface area contributed by atoms with Crippen LogP contribution in [-0.4, -0.2) is 20.6 Å². The molecule has 0 fully saturated rings. The Morgan fingerprint density at radius 1 is 1.19 bits per heavy atom. The standard InChI is InChI=1S/C19H17F3N2O2/c1-2-3-9-24-16-8-7-13(18(25)26)11-15(16)23-17(24)12-5-4-6-14(10-12)19(20,21)22/h4-8,10-11H,2-3,9H2,1H3,(H,25,26). The zero-order valence-corrected chi connectivity index (χ0v) is 14.0. The van der Waals surface area contributed by atoms with Crippen molar-refractivity contribution in [2.45, 2.75) is 32.5 Å². The smallest absolute Gasteiger partial charge is 0.416 e. The first-order chi connectivity index (χ1) is 12.3. The van der Waals surface area contributed by atoms with Crippen molar-refractivity contribution in [1.29, 1.82) is 0 Å². The summed E-state index contributed by atoms with van der Waals surface area (Å²) in [6.07, 6.45) is -2.69. The van der Waals surface area contributed by atoms with Gasteiger partial charge in [-0.1, -0.05) is 25.5 Å². The summed E-state index contributed by atoms with van der Waals surface area (Å²) < 4.78 is 41.0. The molecule has 0 radical (unpaired) electrons. The molecule has 0 atom stereocenters. The van der Waals surface area contributed by atoms with Gasteiger partial charge in [-0.05, 0) is 36.8 Å². The molecule has 1 N–H and O–H groups in total. The number of aromatic carboxylic acids is 1. The molecule has 0 aliphatic heterocycles. The molecule has 0 spiro atoms. The minimum absolute atomic E-state index is 0.0910. The Bertz CT molecular complexity index is 961. The molecule has 7 heteroatoms. The average molecular weight is 362 g/mol. The molecule has 2 aromatic carbocycles. The first kappa shape index (κ1) is 18.0. The van der Waals surface area contributed by atoms with Crippen LogP contribution >= 0.6 is 0 Å². The van der Waals surface area contributed by atoms with Crippen LogP contribution in [0.3, 0.4) is 0 Å². The fourth-order valence-corrected chi connectivity index (χ4v) is 2.86. The lowest BCUT2D eigenvalue weighted by molar-refractivity contribution is -0.137. The van der Waals surface area contributed by atoms with Gasteiger partial charge in [0.15, 0.2) is 0 Å². The topological polar surface area (TPSA) is 55.1 Å². The third-order valence-electron chi connectivity index (χ3n) is 4.18. The number of benzene rings is 2. The van der Waals surface area contributed by atoms with Crippen LogP contribution in [0.1, 0.15) is 35.7 Å². The summed E-state index contributed by atoms with van der Waals surface area (Å²) >= 11 is 0. The average Bonchev–Trinajstić information content (AvgIpc) is 2.97. The molecule has 0 aliphatic rings. The van der Waals surface area contributed by atoms with Crippen molar-refractivity contribution in [2.24, 2.45) is 0 Å². The molecule has 3 rings (SSSR count). The van der Waals surface area contributed by atoms with E-state index in [1.54, 1.807) is 12.1 Å². The van der Waals surface area contributed by atoms with Gasteiger partial charge >= 0.3 is 12.1 Å². The van der Waals surface area contributed by atoms with Gasteiger partial charge in [-0.3, -0.25) is 0 Å². The van der Waals surface area contributed by atoms with E-state index in [-0.39, 0.29) is 5.56 Å². The summed E-state index contributed by atoms with van der Waals surface area (Å²) in [5.41, 5.74) is 0.858. The number of hydrogen-bond donors (Lipinski definition) is 1. The van der Waals surface area contributed by atoms with E-state index in [0.29, 0.717) is 29.0 Å². The molecule has 0 aliphatic carbocycles. The van der Waals surface area contributed by atoms with Gasteiger partial charge in [-0.15, -0.1) is 0 Å². The number of halogens is 3. The van der Waals surface area contributed by atoms with Crippen molar-refractivity contribution in [1.82, 2.24) is 9.55 Å². The van der Waals surface area contributed by atoms with Gasteiger partial charge in [-0.25, -0.2) is 9.78 Å². The SMILES string of the molecule is CCCCn1c(-c2cccc(C(F)(F)F)c2)nc2cc(C(=O)O)ccc21. The number of imidazole rings is 1. The minimum atomic E-state index is -4.44. The third kappa shape index (κ3) is 3.42. The van der Waals surface area contributed by atoms with Crippen LogP contribution in [0.5, 0.6) is 0 Å². The maximum atomic E-state index is 13.0. The summed E-state index contributed by atoms with van der Waals surface area (Å²) in [6.45, 7) is 2.61. The van der Waals surface area contributed by atoms with Crippen LogP contribution in [0.2, 0.25) is 0 Å². The molecule has 136 valence electrons. The molecule has 4 nitrogen and oxygen atoms in total. The van der Waals surface area contributed by atoms with Crippen LogP contribution in [0, 0.1) is 0 Å². The number of carboxylic acids is 1. The molecule has 0 saturated heterocycles. The first-order valence-electron chi connectivity index (χ1n) is 8.22.